The molecule has 0 aliphatic heterocycles. The Hall–Kier alpha value is -4.39. The number of rotatable bonds is 6. The van der Waals surface area contributed by atoms with Crippen LogP contribution in [0.3, 0.4) is 0 Å². The summed E-state index contributed by atoms with van der Waals surface area (Å²) in [5, 5.41) is 30.7. The highest BCUT2D eigenvalue weighted by Gasteiger charge is 2.22. The van der Waals surface area contributed by atoms with Gasteiger partial charge in [-0.2, -0.15) is 0 Å². The summed E-state index contributed by atoms with van der Waals surface area (Å²) < 4.78 is 31.8. The topological polar surface area (TPSA) is 87.0 Å². The van der Waals surface area contributed by atoms with Crippen LogP contribution in [0, 0.1) is 11.6 Å². The van der Waals surface area contributed by atoms with Crippen LogP contribution in [0.1, 0.15) is 27.0 Å². The molecule has 0 atom stereocenters. The number of hydrogen-bond donors (Lipinski definition) is 3. The molecule has 4 aromatic rings. The number of hydrogen-bond acceptors (Lipinski definition) is 5. The van der Waals surface area contributed by atoms with Crippen LogP contribution in [-0.2, 0) is 6.42 Å². The van der Waals surface area contributed by atoms with Crippen LogP contribution in [-0.4, -0.2) is 21.1 Å². The molecule has 0 fully saturated rings. The fourth-order valence-corrected chi connectivity index (χ4v) is 3.30. The minimum atomic E-state index is -0.811. The van der Waals surface area contributed by atoms with Crippen molar-refractivity contribution in [3.8, 4) is 28.7 Å². The molecule has 0 unspecified atom stereocenters. The highest BCUT2D eigenvalue weighted by molar-refractivity contribution is 6.11. The predicted molar refractivity (Wildman–Crippen MR) is 117 cm³/mol. The molecular formula is C26H18F2O5. The second kappa shape index (κ2) is 9.00. The predicted octanol–water partition coefficient (Wildman–Crippen LogP) is 5.70. The number of phenolic OH excluding ortho intramolecular Hbond substituents is 3. The van der Waals surface area contributed by atoms with Crippen LogP contribution < -0.4 is 4.74 Å². The molecule has 0 saturated heterocycles. The molecule has 4 rings (SSSR count). The average Bonchev–Trinajstić information content (AvgIpc) is 2.82. The molecule has 3 N–H and O–H groups in total. The Morgan fingerprint density at radius 1 is 0.697 bits per heavy atom. The van der Waals surface area contributed by atoms with E-state index in [1.807, 2.05) is 0 Å². The minimum Gasteiger partial charge on any atom is -0.504 e. The van der Waals surface area contributed by atoms with Crippen molar-refractivity contribution in [3.05, 3.63) is 113 Å². The van der Waals surface area contributed by atoms with Crippen LogP contribution >= 0.6 is 0 Å². The first-order valence-corrected chi connectivity index (χ1v) is 9.91. The van der Waals surface area contributed by atoms with Gasteiger partial charge in [-0.25, -0.2) is 8.78 Å². The van der Waals surface area contributed by atoms with Gasteiger partial charge in [0.2, 0.25) is 5.75 Å². The van der Waals surface area contributed by atoms with Gasteiger partial charge in [0.25, 0.3) is 0 Å². The van der Waals surface area contributed by atoms with Gasteiger partial charge in [-0.3, -0.25) is 4.79 Å². The monoisotopic (exact) mass is 448 g/mol. The summed E-state index contributed by atoms with van der Waals surface area (Å²) in [6.45, 7) is 0. The Balaban J connectivity index is 1.59. The van der Waals surface area contributed by atoms with Gasteiger partial charge < -0.3 is 20.1 Å². The SMILES string of the molecule is O=C(c1ccc(Oc2ccc(F)cc2)cc1)c1cc(Cc2ccc(F)cc2)c(O)c(O)c1O. The summed E-state index contributed by atoms with van der Waals surface area (Å²) in [6.07, 6.45) is 0.102. The third-order valence-electron chi connectivity index (χ3n) is 5.04. The first-order valence-electron chi connectivity index (χ1n) is 9.91. The second-order valence-corrected chi connectivity index (χ2v) is 7.34. The lowest BCUT2D eigenvalue weighted by Crippen LogP contribution is -2.04. The molecule has 0 aliphatic carbocycles. The zero-order chi connectivity index (χ0) is 23.5. The third kappa shape index (κ3) is 4.77. The second-order valence-electron chi connectivity index (χ2n) is 7.34. The van der Waals surface area contributed by atoms with Crippen LogP contribution in [0.5, 0.6) is 28.7 Å². The molecule has 0 radical (unpaired) electrons. The molecule has 0 saturated carbocycles. The summed E-state index contributed by atoms with van der Waals surface area (Å²) >= 11 is 0. The molecule has 166 valence electrons. The summed E-state index contributed by atoms with van der Waals surface area (Å²) in [5.41, 5.74) is 0.832. The fraction of sp³-hybridized carbons (Fsp3) is 0.0385. The van der Waals surface area contributed by atoms with E-state index in [9.17, 15) is 28.9 Å². The Kier molecular flexibility index (Phi) is 5.95. The lowest BCUT2D eigenvalue weighted by molar-refractivity contribution is 0.103. The van der Waals surface area contributed by atoms with Gasteiger partial charge in [-0.05, 0) is 72.3 Å². The molecule has 0 bridgehead atoms. The van der Waals surface area contributed by atoms with Gasteiger partial charge in [-0.1, -0.05) is 12.1 Å². The van der Waals surface area contributed by atoms with E-state index in [1.54, 1.807) is 0 Å². The number of halogens is 2. The van der Waals surface area contributed by atoms with E-state index in [0.29, 0.717) is 17.1 Å². The molecule has 0 amide bonds. The molecule has 0 spiro atoms. The van der Waals surface area contributed by atoms with E-state index in [1.165, 1.54) is 78.9 Å². The maximum atomic E-state index is 13.2. The van der Waals surface area contributed by atoms with Gasteiger partial charge in [0.1, 0.15) is 23.1 Å². The molecule has 0 heterocycles. The van der Waals surface area contributed by atoms with Crippen molar-refractivity contribution in [2.45, 2.75) is 6.42 Å². The molecular weight excluding hydrogens is 430 g/mol. The summed E-state index contributed by atoms with van der Waals surface area (Å²) in [4.78, 5) is 13.0. The van der Waals surface area contributed by atoms with Crippen LogP contribution in [0.25, 0.3) is 0 Å². The standard InChI is InChI=1S/C26H18F2O5/c27-18-5-1-15(2-6-18)13-17-14-22(25(31)26(32)24(17)30)23(29)16-3-9-20(10-4-16)33-21-11-7-19(28)8-12-21/h1-12,14,30-32H,13H2. The van der Waals surface area contributed by atoms with Crippen LogP contribution in [0.2, 0.25) is 0 Å². The lowest BCUT2D eigenvalue weighted by atomic mass is 9.96. The van der Waals surface area contributed by atoms with Crippen molar-refractivity contribution in [1.29, 1.82) is 0 Å². The zero-order valence-corrected chi connectivity index (χ0v) is 17.1. The normalized spacial score (nSPS) is 10.7. The maximum absolute atomic E-state index is 13.2. The molecule has 0 aliphatic rings. The first kappa shape index (κ1) is 21.8. The van der Waals surface area contributed by atoms with E-state index in [-0.39, 0.29) is 28.9 Å². The minimum absolute atomic E-state index is 0.102. The number of ketones is 1. The van der Waals surface area contributed by atoms with Crippen molar-refractivity contribution in [3.63, 3.8) is 0 Å². The largest absolute Gasteiger partial charge is 0.504 e. The smallest absolute Gasteiger partial charge is 0.201 e. The van der Waals surface area contributed by atoms with E-state index < -0.39 is 28.8 Å². The first-order chi connectivity index (χ1) is 15.8. The molecule has 0 aromatic heterocycles. The van der Waals surface area contributed by atoms with Crippen LogP contribution in [0.15, 0.2) is 78.9 Å². The van der Waals surface area contributed by atoms with Gasteiger partial charge in [0, 0.05) is 17.5 Å². The van der Waals surface area contributed by atoms with Crippen molar-refractivity contribution in [1.82, 2.24) is 0 Å². The Morgan fingerprint density at radius 2 is 1.21 bits per heavy atom. The van der Waals surface area contributed by atoms with Gasteiger partial charge in [-0.15, -0.1) is 0 Å². The van der Waals surface area contributed by atoms with E-state index in [0.717, 1.165) is 0 Å². The zero-order valence-electron chi connectivity index (χ0n) is 17.1. The Morgan fingerprint density at radius 3 is 1.79 bits per heavy atom. The van der Waals surface area contributed by atoms with E-state index >= 15 is 0 Å². The molecule has 4 aromatic carbocycles. The summed E-state index contributed by atoms with van der Waals surface area (Å²) in [6, 6.07) is 18.3. The third-order valence-corrected chi connectivity index (χ3v) is 5.04. The highest BCUT2D eigenvalue weighted by Crippen LogP contribution is 2.42. The van der Waals surface area contributed by atoms with E-state index in [2.05, 4.69) is 0 Å². The van der Waals surface area contributed by atoms with E-state index in [4.69, 9.17) is 4.74 Å². The number of ether oxygens (including phenoxy) is 1. The maximum Gasteiger partial charge on any atom is 0.201 e. The molecule has 5 nitrogen and oxygen atoms in total. The number of aromatic hydroxyl groups is 3. The van der Waals surface area contributed by atoms with Crippen molar-refractivity contribution in [2.75, 3.05) is 0 Å². The fourth-order valence-electron chi connectivity index (χ4n) is 3.30. The average molecular weight is 448 g/mol. The number of carbonyl (C=O) groups is 1. The lowest BCUT2D eigenvalue weighted by Gasteiger charge is -2.13. The molecule has 7 heteroatoms. The van der Waals surface area contributed by atoms with Crippen molar-refractivity contribution < 1.29 is 33.6 Å². The van der Waals surface area contributed by atoms with Gasteiger partial charge in [0.05, 0.1) is 5.56 Å². The highest BCUT2D eigenvalue weighted by atomic mass is 19.1. The number of phenols is 3. The van der Waals surface area contributed by atoms with Crippen molar-refractivity contribution in [2.24, 2.45) is 0 Å². The van der Waals surface area contributed by atoms with Crippen LogP contribution in [0.4, 0.5) is 8.78 Å². The summed E-state index contributed by atoms with van der Waals surface area (Å²) in [7, 11) is 0. The quantitative estimate of drug-likeness (QED) is 0.260. The van der Waals surface area contributed by atoms with Crippen molar-refractivity contribution >= 4 is 5.78 Å². The van der Waals surface area contributed by atoms with Gasteiger partial charge in [0.15, 0.2) is 17.3 Å². The summed E-state index contributed by atoms with van der Waals surface area (Å²) in [5.74, 6) is -2.68. The Bertz CT molecular complexity index is 1300. The number of benzene rings is 4. The molecule has 33 heavy (non-hydrogen) atoms. The Labute approximate surface area is 187 Å². The van der Waals surface area contributed by atoms with Gasteiger partial charge >= 0.3 is 0 Å². The number of carbonyl (C=O) groups excluding carboxylic acids is 1.